The number of nitrogens with zero attached hydrogens (tertiary/aromatic N) is 3. The molecule has 5 nitrogen and oxygen atoms in total. The number of aryl methyl sites for hydroxylation is 1. The topological polar surface area (TPSA) is 77.8 Å². The standard InChI is InChI=1S/C14H20N4OS/c1-9-3-5-14(15,6-4-9)13-17-11(18-19-13)7-12-16-10(2)8-20-12/h8-9H,3-7,15H2,1-2H3. The maximum absolute atomic E-state index is 6.44. The zero-order valence-electron chi connectivity index (χ0n) is 11.9. The molecule has 0 unspecified atom stereocenters. The lowest BCUT2D eigenvalue weighted by Gasteiger charge is -2.32. The zero-order valence-corrected chi connectivity index (χ0v) is 12.7. The summed E-state index contributed by atoms with van der Waals surface area (Å²) in [5.74, 6) is 2.01. The lowest BCUT2D eigenvalue weighted by atomic mass is 9.78. The Labute approximate surface area is 122 Å². The average Bonchev–Trinajstić information content (AvgIpc) is 3.04. The van der Waals surface area contributed by atoms with Gasteiger partial charge in [-0.05, 0) is 38.5 Å². The van der Waals surface area contributed by atoms with E-state index < -0.39 is 5.54 Å². The van der Waals surface area contributed by atoms with Gasteiger partial charge in [0.2, 0.25) is 5.89 Å². The summed E-state index contributed by atoms with van der Waals surface area (Å²) in [4.78, 5) is 8.92. The van der Waals surface area contributed by atoms with Crippen molar-refractivity contribution < 1.29 is 4.52 Å². The molecule has 20 heavy (non-hydrogen) atoms. The molecule has 2 heterocycles. The van der Waals surface area contributed by atoms with Crippen molar-refractivity contribution in [3.8, 4) is 0 Å². The van der Waals surface area contributed by atoms with Crippen molar-refractivity contribution >= 4 is 11.3 Å². The molecule has 1 aliphatic carbocycles. The second-order valence-corrected chi connectivity index (χ2v) is 6.86. The molecular weight excluding hydrogens is 272 g/mol. The number of thiazole rings is 1. The SMILES string of the molecule is Cc1csc(Cc2noc(C3(N)CCC(C)CC3)n2)n1. The van der Waals surface area contributed by atoms with Crippen molar-refractivity contribution in [2.75, 3.05) is 0 Å². The largest absolute Gasteiger partial charge is 0.337 e. The third kappa shape index (κ3) is 2.76. The molecule has 1 aliphatic rings. The van der Waals surface area contributed by atoms with Crippen LogP contribution in [0.1, 0.15) is 55.0 Å². The molecule has 0 atom stereocenters. The minimum absolute atomic E-state index is 0.434. The number of hydrogen-bond donors (Lipinski definition) is 1. The summed E-state index contributed by atoms with van der Waals surface area (Å²) in [6.45, 7) is 4.25. The third-order valence-electron chi connectivity index (χ3n) is 4.04. The van der Waals surface area contributed by atoms with Crippen LogP contribution in [0.4, 0.5) is 0 Å². The van der Waals surface area contributed by atoms with Gasteiger partial charge in [0.05, 0.1) is 12.0 Å². The average molecular weight is 292 g/mol. The van der Waals surface area contributed by atoms with Crippen molar-refractivity contribution in [1.82, 2.24) is 15.1 Å². The van der Waals surface area contributed by atoms with E-state index in [1.54, 1.807) is 11.3 Å². The van der Waals surface area contributed by atoms with Crippen LogP contribution in [0.3, 0.4) is 0 Å². The fraction of sp³-hybridized carbons (Fsp3) is 0.643. The highest BCUT2D eigenvalue weighted by Crippen LogP contribution is 2.36. The smallest absolute Gasteiger partial charge is 0.246 e. The Morgan fingerprint density at radius 1 is 1.40 bits per heavy atom. The molecule has 2 aromatic heterocycles. The number of rotatable bonds is 3. The van der Waals surface area contributed by atoms with Crippen LogP contribution in [0.2, 0.25) is 0 Å². The van der Waals surface area contributed by atoms with Gasteiger partial charge in [-0.15, -0.1) is 11.3 Å². The van der Waals surface area contributed by atoms with E-state index in [9.17, 15) is 0 Å². The van der Waals surface area contributed by atoms with Gasteiger partial charge >= 0.3 is 0 Å². The highest BCUT2D eigenvalue weighted by atomic mass is 32.1. The van der Waals surface area contributed by atoms with E-state index in [1.165, 1.54) is 0 Å². The van der Waals surface area contributed by atoms with Gasteiger partial charge in [0.15, 0.2) is 5.82 Å². The van der Waals surface area contributed by atoms with Crippen LogP contribution in [0.5, 0.6) is 0 Å². The molecule has 0 spiro atoms. The fourth-order valence-corrected chi connectivity index (χ4v) is 3.41. The van der Waals surface area contributed by atoms with Gasteiger partial charge in [0.1, 0.15) is 5.01 Å². The molecule has 1 fully saturated rings. The molecule has 3 rings (SSSR count). The first-order valence-electron chi connectivity index (χ1n) is 7.08. The number of aromatic nitrogens is 3. The minimum atomic E-state index is -0.434. The first kappa shape index (κ1) is 13.7. The van der Waals surface area contributed by atoms with E-state index >= 15 is 0 Å². The first-order chi connectivity index (χ1) is 9.55. The highest BCUT2D eigenvalue weighted by Gasteiger charge is 2.37. The number of hydrogen-bond acceptors (Lipinski definition) is 6. The summed E-state index contributed by atoms with van der Waals surface area (Å²) >= 11 is 1.62. The number of nitrogens with two attached hydrogens (primary N) is 1. The maximum atomic E-state index is 6.44. The lowest BCUT2D eigenvalue weighted by molar-refractivity contribution is 0.190. The Morgan fingerprint density at radius 3 is 2.80 bits per heavy atom. The first-order valence-corrected chi connectivity index (χ1v) is 7.96. The van der Waals surface area contributed by atoms with Gasteiger partial charge in [-0.1, -0.05) is 12.1 Å². The third-order valence-corrected chi connectivity index (χ3v) is 5.00. The minimum Gasteiger partial charge on any atom is -0.337 e. The van der Waals surface area contributed by atoms with Crippen LogP contribution in [-0.4, -0.2) is 15.1 Å². The second kappa shape index (κ2) is 5.26. The van der Waals surface area contributed by atoms with Crippen LogP contribution in [0.15, 0.2) is 9.90 Å². The monoisotopic (exact) mass is 292 g/mol. The Bertz CT molecular complexity index is 584. The molecule has 0 radical (unpaired) electrons. The van der Waals surface area contributed by atoms with Crippen molar-refractivity contribution in [3.63, 3.8) is 0 Å². The molecule has 1 saturated carbocycles. The maximum Gasteiger partial charge on any atom is 0.246 e. The summed E-state index contributed by atoms with van der Waals surface area (Å²) in [7, 11) is 0. The van der Waals surface area contributed by atoms with E-state index in [0.717, 1.165) is 42.3 Å². The van der Waals surface area contributed by atoms with Crippen molar-refractivity contribution in [2.45, 2.75) is 51.5 Å². The van der Waals surface area contributed by atoms with Gasteiger partial charge in [-0.3, -0.25) is 0 Å². The fourth-order valence-electron chi connectivity index (χ4n) is 2.64. The Hall–Kier alpha value is -1.27. The van der Waals surface area contributed by atoms with Crippen LogP contribution in [0.25, 0.3) is 0 Å². The predicted molar refractivity (Wildman–Crippen MR) is 77.5 cm³/mol. The van der Waals surface area contributed by atoms with Crippen LogP contribution < -0.4 is 5.73 Å². The van der Waals surface area contributed by atoms with Crippen LogP contribution in [0, 0.1) is 12.8 Å². The molecule has 108 valence electrons. The van der Waals surface area contributed by atoms with Crippen molar-refractivity contribution in [2.24, 2.45) is 11.7 Å². The van der Waals surface area contributed by atoms with E-state index in [4.69, 9.17) is 10.3 Å². The second-order valence-electron chi connectivity index (χ2n) is 5.91. The molecule has 2 aromatic rings. The van der Waals surface area contributed by atoms with E-state index in [1.807, 2.05) is 12.3 Å². The Balaban J connectivity index is 1.73. The quantitative estimate of drug-likeness (QED) is 0.941. The normalized spacial score (nSPS) is 26.9. The molecule has 0 amide bonds. The molecule has 6 heteroatoms. The lowest BCUT2D eigenvalue weighted by Crippen LogP contribution is -2.40. The summed E-state index contributed by atoms with van der Waals surface area (Å²) in [6, 6.07) is 0. The zero-order chi connectivity index (χ0) is 14.2. The van der Waals surface area contributed by atoms with Gasteiger partial charge in [0, 0.05) is 11.1 Å². The Morgan fingerprint density at radius 2 is 2.15 bits per heavy atom. The van der Waals surface area contributed by atoms with E-state index in [-0.39, 0.29) is 0 Å². The van der Waals surface area contributed by atoms with E-state index in [2.05, 4.69) is 22.0 Å². The predicted octanol–water partition coefficient (Wildman–Crippen LogP) is 2.79. The molecule has 0 aromatic carbocycles. The molecular formula is C14H20N4OS. The molecule has 0 saturated heterocycles. The van der Waals surface area contributed by atoms with Gasteiger partial charge in [0.25, 0.3) is 0 Å². The van der Waals surface area contributed by atoms with Crippen molar-refractivity contribution in [3.05, 3.63) is 27.8 Å². The highest BCUT2D eigenvalue weighted by molar-refractivity contribution is 7.09. The molecule has 0 bridgehead atoms. The summed E-state index contributed by atoms with van der Waals surface area (Å²) < 4.78 is 5.41. The Kier molecular flexibility index (Phi) is 3.60. The summed E-state index contributed by atoms with van der Waals surface area (Å²) in [6.07, 6.45) is 4.71. The van der Waals surface area contributed by atoms with Gasteiger partial charge in [-0.2, -0.15) is 4.98 Å². The molecule has 2 N–H and O–H groups in total. The van der Waals surface area contributed by atoms with Gasteiger partial charge < -0.3 is 10.3 Å². The molecule has 0 aliphatic heterocycles. The van der Waals surface area contributed by atoms with Crippen molar-refractivity contribution in [1.29, 1.82) is 0 Å². The van der Waals surface area contributed by atoms with E-state index in [0.29, 0.717) is 18.1 Å². The summed E-state index contributed by atoms with van der Waals surface area (Å²) in [5, 5.41) is 7.10. The van der Waals surface area contributed by atoms with Crippen LogP contribution >= 0.6 is 11.3 Å². The van der Waals surface area contributed by atoms with Crippen LogP contribution in [-0.2, 0) is 12.0 Å². The summed E-state index contributed by atoms with van der Waals surface area (Å²) in [5.41, 5.74) is 7.04. The van der Waals surface area contributed by atoms with Gasteiger partial charge in [-0.25, -0.2) is 4.98 Å².